The third-order valence-corrected chi connectivity index (χ3v) is 4.62. The number of carbonyl (C=O) groups excluding carboxylic acids is 2. The Hall–Kier alpha value is -2.67. The maximum absolute atomic E-state index is 12.1. The Bertz CT molecular complexity index is 743. The average Bonchev–Trinajstić information content (AvgIpc) is 3.12. The molecular weight excluding hydrogens is 318 g/mol. The highest BCUT2D eigenvalue weighted by atomic mass is 16.2. The summed E-state index contributed by atoms with van der Waals surface area (Å²) in [6.45, 7) is 1.47. The highest BCUT2D eigenvalue weighted by Crippen LogP contribution is 2.29. The van der Waals surface area contributed by atoms with E-state index >= 15 is 0 Å². The Morgan fingerprint density at radius 1 is 1.28 bits per heavy atom. The fourth-order valence-corrected chi connectivity index (χ4v) is 3.41. The number of nitrogens with one attached hydrogen (secondary N) is 1. The monoisotopic (exact) mass is 341 g/mol. The van der Waals surface area contributed by atoms with Gasteiger partial charge >= 0.3 is 0 Å². The van der Waals surface area contributed by atoms with Crippen molar-refractivity contribution in [1.82, 2.24) is 20.0 Å². The second kappa shape index (κ2) is 7.48. The number of nitrogens with zero attached hydrogens (tertiary/aromatic N) is 3. The van der Waals surface area contributed by atoms with Crippen LogP contribution in [0.15, 0.2) is 42.6 Å². The Kier molecular flexibility index (Phi) is 5.14. The molecule has 0 saturated carbocycles. The molecule has 7 heteroatoms. The van der Waals surface area contributed by atoms with E-state index < -0.39 is 6.04 Å². The molecule has 0 aliphatic carbocycles. The van der Waals surface area contributed by atoms with Crippen molar-refractivity contribution in [3.05, 3.63) is 53.9 Å². The zero-order chi connectivity index (χ0) is 17.8. The molecule has 1 aliphatic rings. The molecule has 1 aromatic heterocycles. The van der Waals surface area contributed by atoms with Gasteiger partial charge in [-0.2, -0.15) is 5.10 Å². The lowest BCUT2D eigenvalue weighted by molar-refractivity contribution is -0.124. The van der Waals surface area contributed by atoms with E-state index in [1.807, 2.05) is 41.2 Å². The Morgan fingerprint density at radius 2 is 2.04 bits per heavy atom. The molecule has 1 fully saturated rings. The van der Waals surface area contributed by atoms with Crippen LogP contribution in [0.1, 0.15) is 41.0 Å². The van der Waals surface area contributed by atoms with Gasteiger partial charge in [-0.3, -0.25) is 19.2 Å². The molecule has 0 radical (unpaired) electrons. The summed E-state index contributed by atoms with van der Waals surface area (Å²) in [4.78, 5) is 25.9. The maximum Gasteiger partial charge on any atom is 0.271 e. The van der Waals surface area contributed by atoms with Gasteiger partial charge in [0.2, 0.25) is 5.91 Å². The molecule has 0 bridgehead atoms. The van der Waals surface area contributed by atoms with Crippen molar-refractivity contribution in [1.29, 1.82) is 0 Å². The summed E-state index contributed by atoms with van der Waals surface area (Å²) in [5, 5.41) is 6.95. The summed E-state index contributed by atoms with van der Waals surface area (Å²) in [5.41, 5.74) is 6.99. The number of aromatic nitrogens is 2. The number of rotatable bonds is 5. The number of hydrogen-bond acceptors (Lipinski definition) is 4. The zero-order valence-electron chi connectivity index (χ0n) is 14.3. The first kappa shape index (κ1) is 17.2. The van der Waals surface area contributed by atoms with Crippen LogP contribution < -0.4 is 11.1 Å². The van der Waals surface area contributed by atoms with Crippen molar-refractivity contribution in [2.24, 2.45) is 5.73 Å². The number of carbonyl (C=O) groups is 2. The summed E-state index contributed by atoms with van der Waals surface area (Å²) < 4.78 is 1.82. The Balaban J connectivity index is 1.79. The molecule has 3 rings (SSSR count). The highest BCUT2D eigenvalue weighted by molar-refractivity contribution is 5.91. The molecule has 2 atom stereocenters. The molecule has 0 unspecified atom stereocenters. The molecule has 2 aromatic rings. The average molecular weight is 341 g/mol. The lowest BCUT2D eigenvalue weighted by Gasteiger charge is -2.37. The van der Waals surface area contributed by atoms with Gasteiger partial charge in [0.05, 0.1) is 6.04 Å². The molecule has 2 amide bonds. The van der Waals surface area contributed by atoms with E-state index in [1.54, 1.807) is 13.1 Å². The number of amides is 2. The Morgan fingerprint density at radius 3 is 2.72 bits per heavy atom. The smallest absolute Gasteiger partial charge is 0.271 e. The fourth-order valence-electron chi connectivity index (χ4n) is 3.41. The first-order valence-electron chi connectivity index (χ1n) is 8.45. The number of benzene rings is 1. The molecule has 1 aliphatic heterocycles. The van der Waals surface area contributed by atoms with Gasteiger partial charge in [-0.25, -0.2) is 0 Å². The Labute approximate surface area is 146 Å². The van der Waals surface area contributed by atoms with Gasteiger partial charge in [-0.15, -0.1) is 0 Å². The number of likely N-dealkylation sites (tertiary alicyclic amines) is 1. The van der Waals surface area contributed by atoms with E-state index in [2.05, 4.69) is 15.3 Å². The number of nitrogens with two attached hydrogens (primary N) is 1. The topological polar surface area (TPSA) is 93.3 Å². The summed E-state index contributed by atoms with van der Waals surface area (Å²) in [7, 11) is 1.58. The second-order valence-corrected chi connectivity index (χ2v) is 6.27. The minimum atomic E-state index is -0.446. The van der Waals surface area contributed by atoms with Gasteiger partial charge in [-0.05, 0) is 31.0 Å². The standard InChI is InChI=1S/C18H23N5O2/c1-20-18(25)15-9-11-23(21-15)14-8-5-10-22(12-14)16(17(19)24)13-6-3-2-4-7-13/h2-4,6-7,9,11,14,16H,5,8,10,12H2,1H3,(H2,19,24)(H,20,25)/t14-,16+/m1/s1. The second-order valence-electron chi connectivity index (χ2n) is 6.27. The fraction of sp³-hybridized carbons (Fsp3) is 0.389. The van der Waals surface area contributed by atoms with Crippen LogP contribution in [0.5, 0.6) is 0 Å². The van der Waals surface area contributed by atoms with Gasteiger partial charge in [-0.1, -0.05) is 30.3 Å². The normalized spacial score (nSPS) is 19.3. The van der Waals surface area contributed by atoms with E-state index in [9.17, 15) is 9.59 Å². The number of hydrogen-bond donors (Lipinski definition) is 2. The molecule has 2 heterocycles. The van der Waals surface area contributed by atoms with E-state index in [0.29, 0.717) is 12.2 Å². The van der Waals surface area contributed by atoms with Crippen molar-refractivity contribution in [2.45, 2.75) is 24.9 Å². The van der Waals surface area contributed by atoms with Crippen molar-refractivity contribution in [3.63, 3.8) is 0 Å². The van der Waals surface area contributed by atoms with E-state index in [1.165, 1.54) is 0 Å². The number of primary amides is 1. The van der Waals surface area contributed by atoms with Crippen LogP contribution in [0.4, 0.5) is 0 Å². The lowest BCUT2D eigenvalue weighted by atomic mass is 9.99. The van der Waals surface area contributed by atoms with E-state index in [4.69, 9.17) is 5.73 Å². The van der Waals surface area contributed by atoms with Crippen molar-refractivity contribution in [3.8, 4) is 0 Å². The summed E-state index contributed by atoms with van der Waals surface area (Å²) in [6.07, 6.45) is 3.71. The van der Waals surface area contributed by atoms with Crippen LogP contribution >= 0.6 is 0 Å². The minimum Gasteiger partial charge on any atom is -0.368 e. The van der Waals surface area contributed by atoms with E-state index in [0.717, 1.165) is 24.9 Å². The molecule has 1 aromatic carbocycles. The molecule has 25 heavy (non-hydrogen) atoms. The third-order valence-electron chi connectivity index (χ3n) is 4.62. The van der Waals surface area contributed by atoms with Crippen molar-refractivity contribution in [2.75, 3.05) is 20.1 Å². The number of piperidine rings is 1. The first-order valence-corrected chi connectivity index (χ1v) is 8.45. The van der Waals surface area contributed by atoms with Crippen LogP contribution in [0.3, 0.4) is 0 Å². The van der Waals surface area contributed by atoms with Crippen LogP contribution in [-0.2, 0) is 4.79 Å². The maximum atomic E-state index is 12.1. The lowest BCUT2D eigenvalue weighted by Crippen LogP contribution is -2.44. The van der Waals surface area contributed by atoms with Gasteiger partial charge < -0.3 is 11.1 Å². The molecular formula is C18H23N5O2. The quantitative estimate of drug-likeness (QED) is 0.852. The molecule has 1 saturated heterocycles. The van der Waals surface area contributed by atoms with Crippen LogP contribution in [-0.4, -0.2) is 46.6 Å². The van der Waals surface area contributed by atoms with Gasteiger partial charge in [0.1, 0.15) is 11.7 Å². The highest BCUT2D eigenvalue weighted by Gasteiger charge is 2.31. The minimum absolute atomic E-state index is 0.109. The van der Waals surface area contributed by atoms with Crippen LogP contribution in [0, 0.1) is 0 Å². The van der Waals surface area contributed by atoms with Crippen LogP contribution in [0.2, 0.25) is 0 Å². The SMILES string of the molecule is CNC(=O)c1ccn([C@@H]2CCCN([C@H](C(N)=O)c3ccccc3)C2)n1. The van der Waals surface area contributed by atoms with E-state index in [-0.39, 0.29) is 17.9 Å². The molecule has 0 spiro atoms. The molecule has 132 valence electrons. The summed E-state index contributed by atoms with van der Waals surface area (Å²) in [5.74, 6) is -0.552. The van der Waals surface area contributed by atoms with Crippen molar-refractivity contribution >= 4 is 11.8 Å². The predicted octanol–water partition coefficient (Wildman–Crippen LogP) is 1.11. The summed E-state index contributed by atoms with van der Waals surface area (Å²) in [6, 6.07) is 11.0. The summed E-state index contributed by atoms with van der Waals surface area (Å²) >= 11 is 0. The third kappa shape index (κ3) is 3.71. The largest absolute Gasteiger partial charge is 0.368 e. The molecule has 3 N–H and O–H groups in total. The van der Waals surface area contributed by atoms with Gasteiger partial charge in [0.15, 0.2) is 0 Å². The van der Waals surface area contributed by atoms with Crippen molar-refractivity contribution < 1.29 is 9.59 Å². The first-order chi connectivity index (χ1) is 12.1. The molecule has 7 nitrogen and oxygen atoms in total. The predicted molar refractivity (Wildman–Crippen MR) is 93.8 cm³/mol. The van der Waals surface area contributed by atoms with Gasteiger partial charge in [0.25, 0.3) is 5.91 Å². The van der Waals surface area contributed by atoms with Crippen LogP contribution in [0.25, 0.3) is 0 Å². The zero-order valence-corrected chi connectivity index (χ0v) is 14.3. The van der Waals surface area contributed by atoms with Gasteiger partial charge in [0, 0.05) is 19.8 Å².